The molecule has 3 nitrogen and oxygen atoms in total. The van der Waals surface area contributed by atoms with Crippen molar-refractivity contribution in [3.8, 4) is 0 Å². The first-order valence-electron chi connectivity index (χ1n) is 6.42. The number of benzene rings is 1. The lowest BCUT2D eigenvalue weighted by molar-refractivity contribution is 0.391. The molecule has 1 saturated heterocycles. The zero-order chi connectivity index (χ0) is 13.3. The van der Waals surface area contributed by atoms with Crippen LogP contribution < -0.4 is 5.73 Å². The summed E-state index contributed by atoms with van der Waals surface area (Å²) in [5.74, 6) is 0.863. The van der Waals surface area contributed by atoms with Crippen molar-refractivity contribution < 1.29 is 8.42 Å². The van der Waals surface area contributed by atoms with Gasteiger partial charge in [-0.2, -0.15) is 0 Å². The van der Waals surface area contributed by atoms with Crippen LogP contribution in [-0.2, 0) is 9.84 Å². The number of sulfone groups is 1. The average Bonchev–Trinajstić information content (AvgIpc) is 2.28. The van der Waals surface area contributed by atoms with Gasteiger partial charge in [0.2, 0.25) is 0 Å². The highest BCUT2D eigenvalue weighted by molar-refractivity contribution is 7.91. The lowest BCUT2D eigenvalue weighted by Crippen LogP contribution is -2.31. The summed E-state index contributed by atoms with van der Waals surface area (Å²) >= 11 is 0. The Bertz CT molecular complexity index is 523. The fourth-order valence-electron chi connectivity index (χ4n) is 2.72. The van der Waals surface area contributed by atoms with Gasteiger partial charge in [0.05, 0.1) is 11.5 Å². The largest absolute Gasteiger partial charge is 0.324 e. The highest BCUT2D eigenvalue weighted by atomic mass is 32.2. The van der Waals surface area contributed by atoms with Gasteiger partial charge in [-0.25, -0.2) is 8.42 Å². The maximum Gasteiger partial charge on any atom is 0.150 e. The van der Waals surface area contributed by atoms with E-state index >= 15 is 0 Å². The minimum Gasteiger partial charge on any atom is -0.324 e. The molecule has 2 rings (SSSR count). The third-order valence-electron chi connectivity index (χ3n) is 3.89. The van der Waals surface area contributed by atoms with E-state index in [1.807, 2.05) is 0 Å². The Morgan fingerprint density at radius 2 is 1.83 bits per heavy atom. The molecule has 0 amide bonds. The molecule has 0 radical (unpaired) electrons. The Morgan fingerprint density at radius 1 is 1.22 bits per heavy atom. The predicted molar refractivity (Wildman–Crippen MR) is 74.2 cm³/mol. The van der Waals surface area contributed by atoms with Crippen molar-refractivity contribution in [2.75, 3.05) is 11.5 Å². The molecule has 1 atom stereocenters. The van der Waals surface area contributed by atoms with Crippen LogP contribution in [0.1, 0.15) is 35.6 Å². The first-order chi connectivity index (χ1) is 8.39. The zero-order valence-electron chi connectivity index (χ0n) is 11.0. The first-order valence-corrected chi connectivity index (χ1v) is 8.24. The summed E-state index contributed by atoms with van der Waals surface area (Å²) in [5, 5.41) is 0. The monoisotopic (exact) mass is 267 g/mol. The molecule has 18 heavy (non-hydrogen) atoms. The van der Waals surface area contributed by atoms with Crippen molar-refractivity contribution in [1.29, 1.82) is 0 Å². The number of aryl methyl sites for hydroxylation is 2. The van der Waals surface area contributed by atoms with Gasteiger partial charge in [0, 0.05) is 6.04 Å². The molecule has 0 aliphatic carbocycles. The van der Waals surface area contributed by atoms with Crippen molar-refractivity contribution in [1.82, 2.24) is 0 Å². The average molecular weight is 267 g/mol. The molecule has 100 valence electrons. The number of nitrogens with two attached hydrogens (primary N) is 1. The Morgan fingerprint density at radius 3 is 2.39 bits per heavy atom. The first kappa shape index (κ1) is 13.6. The SMILES string of the molecule is Cc1ccc(C(N)C2CCS(=O)(=O)CC2)c(C)c1. The topological polar surface area (TPSA) is 60.2 Å². The summed E-state index contributed by atoms with van der Waals surface area (Å²) < 4.78 is 22.9. The normalized spacial score (nSPS) is 21.7. The molecule has 1 aromatic rings. The molecular weight excluding hydrogens is 246 g/mol. The molecule has 0 aromatic heterocycles. The summed E-state index contributed by atoms with van der Waals surface area (Å²) in [6, 6.07) is 6.25. The van der Waals surface area contributed by atoms with Crippen molar-refractivity contribution in [3.63, 3.8) is 0 Å². The van der Waals surface area contributed by atoms with Gasteiger partial charge in [0.15, 0.2) is 0 Å². The summed E-state index contributed by atoms with van der Waals surface area (Å²) in [7, 11) is -2.80. The van der Waals surface area contributed by atoms with Gasteiger partial charge < -0.3 is 5.73 Å². The van der Waals surface area contributed by atoms with Gasteiger partial charge >= 0.3 is 0 Å². The van der Waals surface area contributed by atoms with Gasteiger partial charge in [-0.05, 0) is 43.7 Å². The summed E-state index contributed by atoms with van der Waals surface area (Å²) in [4.78, 5) is 0. The van der Waals surface area contributed by atoms with E-state index in [1.54, 1.807) is 0 Å². The fourth-order valence-corrected chi connectivity index (χ4v) is 4.25. The number of rotatable bonds is 2. The molecule has 2 N–H and O–H groups in total. The van der Waals surface area contributed by atoms with Gasteiger partial charge in [0.1, 0.15) is 9.84 Å². The molecule has 0 spiro atoms. The molecule has 1 fully saturated rings. The van der Waals surface area contributed by atoms with E-state index in [2.05, 4.69) is 32.0 Å². The maximum absolute atomic E-state index is 11.4. The molecule has 1 aliphatic heterocycles. The van der Waals surface area contributed by atoms with E-state index in [9.17, 15) is 8.42 Å². The van der Waals surface area contributed by atoms with Crippen molar-refractivity contribution >= 4 is 9.84 Å². The maximum atomic E-state index is 11.4. The Kier molecular flexibility index (Phi) is 3.78. The third-order valence-corrected chi connectivity index (χ3v) is 5.61. The standard InChI is InChI=1S/C14H21NO2S/c1-10-3-4-13(11(2)9-10)14(15)12-5-7-18(16,17)8-6-12/h3-4,9,12,14H,5-8,15H2,1-2H3. The van der Waals surface area contributed by atoms with Crippen LogP contribution in [0.25, 0.3) is 0 Å². The van der Waals surface area contributed by atoms with E-state index in [-0.39, 0.29) is 23.5 Å². The quantitative estimate of drug-likeness (QED) is 0.893. The van der Waals surface area contributed by atoms with E-state index in [0.717, 1.165) is 5.56 Å². The van der Waals surface area contributed by atoms with Crippen LogP contribution in [0, 0.1) is 19.8 Å². The molecule has 1 aliphatic rings. The van der Waals surface area contributed by atoms with Gasteiger partial charge in [-0.1, -0.05) is 23.8 Å². The zero-order valence-corrected chi connectivity index (χ0v) is 11.8. The molecular formula is C14H21NO2S. The van der Waals surface area contributed by atoms with E-state index in [0.29, 0.717) is 12.8 Å². The van der Waals surface area contributed by atoms with Crippen LogP contribution in [0.2, 0.25) is 0 Å². The van der Waals surface area contributed by atoms with E-state index < -0.39 is 9.84 Å². The van der Waals surface area contributed by atoms with Gasteiger partial charge in [-0.15, -0.1) is 0 Å². The summed E-state index contributed by atoms with van der Waals surface area (Å²) in [5.41, 5.74) is 9.91. The second-order valence-corrected chi connectivity index (χ2v) is 7.68. The molecule has 1 aromatic carbocycles. The Balaban J connectivity index is 2.14. The molecule has 1 unspecified atom stereocenters. The van der Waals surface area contributed by atoms with Crippen LogP contribution >= 0.6 is 0 Å². The molecule has 1 heterocycles. The minimum absolute atomic E-state index is 0.0406. The number of hydrogen-bond donors (Lipinski definition) is 1. The van der Waals surface area contributed by atoms with Crippen LogP contribution in [0.15, 0.2) is 18.2 Å². The minimum atomic E-state index is -2.80. The van der Waals surface area contributed by atoms with Crippen LogP contribution in [-0.4, -0.2) is 19.9 Å². The van der Waals surface area contributed by atoms with Crippen molar-refractivity contribution in [3.05, 3.63) is 34.9 Å². The third kappa shape index (κ3) is 2.93. The molecule has 0 bridgehead atoms. The van der Waals surface area contributed by atoms with Crippen molar-refractivity contribution in [2.45, 2.75) is 32.7 Å². The lowest BCUT2D eigenvalue weighted by Gasteiger charge is -2.28. The molecule has 4 heteroatoms. The van der Waals surface area contributed by atoms with Gasteiger partial charge in [0.25, 0.3) is 0 Å². The number of hydrogen-bond acceptors (Lipinski definition) is 3. The smallest absolute Gasteiger partial charge is 0.150 e. The van der Waals surface area contributed by atoms with E-state index in [1.165, 1.54) is 11.1 Å². The molecule has 0 saturated carbocycles. The fraction of sp³-hybridized carbons (Fsp3) is 0.571. The highest BCUT2D eigenvalue weighted by Crippen LogP contribution is 2.31. The van der Waals surface area contributed by atoms with Crippen LogP contribution in [0.3, 0.4) is 0 Å². The highest BCUT2D eigenvalue weighted by Gasteiger charge is 2.28. The lowest BCUT2D eigenvalue weighted by atomic mass is 9.87. The summed E-state index contributed by atoms with van der Waals surface area (Å²) in [6.07, 6.45) is 1.38. The van der Waals surface area contributed by atoms with Gasteiger partial charge in [-0.3, -0.25) is 0 Å². The predicted octanol–water partition coefficient (Wildman–Crippen LogP) is 2.13. The second kappa shape index (κ2) is 5.02. The van der Waals surface area contributed by atoms with Crippen LogP contribution in [0.4, 0.5) is 0 Å². The Labute approximate surface area is 109 Å². The van der Waals surface area contributed by atoms with Crippen molar-refractivity contribution in [2.24, 2.45) is 11.7 Å². The van der Waals surface area contributed by atoms with E-state index in [4.69, 9.17) is 5.73 Å². The van der Waals surface area contributed by atoms with Crippen LogP contribution in [0.5, 0.6) is 0 Å². The second-order valence-electron chi connectivity index (χ2n) is 5.38. The summed E-state index contributed by atoms with van der Waals surface area (Å²) in [6.45, 7) is 4.14. The Hall–Kier alpha value is -0.870.